The van der Waals surface area contributed by atoms with Crippen LogP contribution in [0.4, 0.5) is 0 Å². The lowest BCUT2D eigenvalue weighted by Gasteiger charge is -2.39. The van der Waals surface area contributed by atoms with Crippen molar-refractivity contribution in [2.45, 2.75) is 24.5 Å². The molecule has 3 unspecified atom stereocenters. The molecular weight excluding hydrogens is 146 g/mol. The highest BCUT2D eigenvalue weighted by Crippen LogP contribution is 2.42. The first-order chi connectivity index (χ1) is 4.70. The van der Waals surface area contributed by atoms with Crippen LogP contribution in [0.15, 0.2) is 0 Å². The molecule has 2 aliphatic rings. The van der Waals surface area contributed by atoms with Gasteiger partial charge in [0.15, 0.2) is 0 Å². The third kappa shape index (κ3) is 0.641. The number of carbonyl (C=O) groups excluding carboxylic acids is 1. The summed E-state index contributed by atoms with van der Waals surface area (Å²) in [6, 6.07) is 0. The molecule has 0 bridgehead atoms. The van der Waals surface area contributed by atoms with Gasteiger partial charge in [-0.25, -0.2) is 0 Å². The van der Waals surface area contributed by atoms with Crippen molar-refractivity contribution in [3.05, 3.63) is 0 Å². The van der Waals surface area contributed by atoms with Crippen molar-refractivity contribution in [3.8, 4) is 0 Å². The molecular formula is C7H11NOS. The van der Waals surface area contributed by atoms with Crippen molar-refractivity contribution in [2.75, 3.05) is 6.54 Å². The Bertz CT molecular complexity index is 182. The van der Waals surface area contributed by atoms with Crippen molar-refractivity contribution in [2.24, 2.45) is 5.92 Å². The molecule has 56 valence electrons. The third-order valence-corrected chi connectivity index (χ3v) is 3.79. The molecule has 2 nitrogen and oxygen atoms in total. The molecule has 0 saturated carbocycles. The SMILES string of the molecule is CC1CN2C(=O)C(C)C2S1. The largest absolute Gasteiger partial charge is 0.328 e. The Labute approximate surface area is 65.0 Å². The van der Waals surface area contributed by atoms with Crippen LogP contribution in [0.1, 0.15) is 13.8 Å². The van der Waals surface area contributed by atoms with Crippen LogP contribution in [0.2, 0.25) is 0 Å². The van der Waals surface area contributed by atoms with E-state index in [0.29, 0.717) is 16.5 Å². The molecule has 0 aliphatic carbocycles. The zero-order valence-electron chi connectivity index (χ0n) is 6.20. The highest BCUT2D eigenvalue weighted by atomic mass is 32.2. The van der Waals surface area contributed by atoms with Crippen LogP contribution in [-0.4, -0.2) is 28.0 Å². The Balaban J connectivity index is 2.11. The van der Waals surface area contributed by atoms with Crippen LogP contribution in [-0.2, 0) is 4.79 Å². The summed E-state index contributed by atoms with van der Waals surface area (Å²) in [4.78, 5) is 13.1. The average molecular weight is 157 g/mol. The third-order valence-electron chi connectivity index (χ3n) is 2.23. The molecule has 2 aliphatic heterocycles. The summed E-state index contributed by atoms with van der Waals surface area (Å²) in [5.74, 6) is 0.636. The summed E-state index contributed by atoms with van der Waals surface area (Å²) < 4.78 is 0. The molecule has 2 rings (SSSR count). The first-order valence-electron chi connectivity index (χ1n) is 3.66. The minimum atomic E-state index is 0.287. The van der Waals surface area contributed by atoms with Gasteiger partial charge in [0.05, 0.1) is 11.3 Å². The summed E-state index contributed by atoms with van der Waals surface area (Å²) in [5, 5.41) is 1.17. The zero-order valence-corrected chi connectivity index (χ0v) is 7.02. The van der Waals surface area contributed by atoms with Crippen LogP contribution >= 0.6 is 11.8 Å². The van der Waals surface area contributed by atoms with Gasteiger partial charge in [-0.1, -0.05) is 13.8 Å². The Morgan fingerprint density at radius 1 is 1.60 bits per heavy atom. The summed E-state index contributed by atoms with van der Waals surface area (Å²) in [6.07, 6.45) is 0. The standard InChI is InChI=1S/C7H11NOS/c1-4-3-8-6(9)5(2)7(8)10-4/h4-5,7H,3H2,1-2H3. The van der Waals surface area contributed by atoms with Crippen LogP contribution in [0.25, 0.3) is 0 Å². The first-order valence-corrected chi connectivity index (χ1v) is 4.60. The number of nitrogens with zero attached hydrogens (tertiary/aromatic N) is 1. The lowest BCUT2D eigenvalue weighted by atomic mass is 10.0. The van der Waals surface area contributed by atoms with E-state index in [4.69, 9.17) is 0 Å². The number of thioether (sulfide) groups is 1. The maximum absolute atomic E-state index is 11.1. The zero-order chi connectivity index (χ0) is 7.30. The number of hydrogen-bond donors (Lipinski definition) is 0. The summed E-state index contributed by atoms with van der Waals surface area (Å²) >= 11 is 1.93. The number of hydrogen-bond acceptors (Lipinski definition) is 2. The van der Waals surface area contributed by atoms with Crippen LogP contribution in [0, 0.1) is 5.92 Å². The van der Waals surface area contributed by atoms with E-state index in [1.807, 2.05) is 23.6 Å². The maximum Gasteiger partial charge on any atom is 0.229 e. The molecule has 1 amide bonds. The molecule has 10 heavy (non-hydrogen) atoms. The number of carbonyl (C=O) groups is 1. The first kappa shape index (κ1) is 6.53. The van der Waals surface area contributed by atoms with Crippen molar-refractivity contribution in [1.82, 2.24) is 4.90 Å². The number of amides is 1. The van der Waals surface area contributed by atoms with E-state index in [9.17, 15) is 4.79 Å². The minimum Gasteiger partial charge on any atom is -0.328 e. The van der Waals surface area contributed by atoms with Crippen molar-refractivity contribution in [1.29, 1.82) is 0 Å². The lowest BCUT2D eigenvalue weighted by molar-refractivity contribution is -0.147. The smallest absolute Gasteiger partial charge is 0.229 e. The fraction of sp³-hybridized carbons (Fsp3) is 0.857. The molecule has 3 atom stereocenters. The van der Waals surface area contributed by atoms with Crippen molar-refractivity contribution >= 4 is 17.7 Å². The Morgan fingerprint density at radius 3 is 2.90 bits per heavy atom. The van der Waals surface area contributed by atoms with Crippen LogP contribution in [0.5, 0.6) is 0 Å². The van der Waals surface area contributed by atoms with E-state index in [-0.39, 0.29) is 5.92 Å². The predicted octanol–water partition coefficient (Wildman–Crippen LogP) is 0.926. The molecule has 0 aromatic heterocycles. The van der Waals surface area contributed by atoms with Gasteiger partial charge in [0.25, 0.3) is 0 Å². The van der Waals surface area contributed by atoms with E-state index >= 15 is 0 Å². The summed E-state index contributed by atoms with van der Waals surface area (Å²) in [5.41, 5.74) is 0. The Hall–Kier alpha value is -0.180. The van der Waals surface area contributed by atoms with Gasteiger partial charge in [0, 0.05) is 11.8 Å². The summed E-state index contributed by atoms with van der Waals surface area (Å²) in [7, 11) is 0. The van der Waals surface area contributed by atoms with Gasteiger partial charge in [-0.3, -0.25) is 4.79 Å². The highest BCUT2D eigenvalue weighted by molar-refractivity contribution is 8.00. The van der Waals surface area contributed by atoms with Gasteiger partial charge < -0.3 is 4.90 Å². The second-order valence-corrected chi connectivity index (χ2v) is 4.68. The molecule has 2 saturated heterocycles. The van der Waals surface area contributed by atoms with Crippen LogP contribution in [0.3, 0.4) is 0 Å². The van der Waals surface area contributed by atoms with Gasteiger partial charge >= 0.3 is 0 Å². The lowest BCUT2D eigenvalue weighted by Crippen LogP contribution is -2.54. The second-order valence-electron chi connectivity index (χ2n) is 3.12. The number of fused-ring (bicyclic) bond motifs is 1. The minimum absolute atomic E-state index is 0.287. The molecule has 3 heteroatoms. The van der Waals surface area contributed by atoms with Crippen molar-refractivity contribution < 1.29 is 4.79 Å². The Kier molecular flexibility index (Phi) is 1.24. The molecule has 0 radical (unpaired) electrons. The molecule has 0 spiro atoms. The summed E-state index contributed by atoms with van der Waals surface area (Å²) in [6.45, 7) is 5.18. The van der Waals surface area contributed by atoms with Gasteiger partial charge in [-0.2, -0.15) is 0 Å². The molecule has 0 aromatic rings. The Morgan fingerprint density at radius 2 is 2.30 bits per heavy atom. The molecule has 0 N–H and O–H groups in total. The van der Waals surface area contributed by atoms with Gasteiger partial charge in [-0.15, -0.1) is 11.8 Å². The molecule has 2 heterocycles. The molecule has 2 fully saturated rings. The van der Waals surface area contributed by atoms with E-state index in [0.717, 1.165) is 6.54 Å². The van der Waals surface area contributed by atoms with E-state index in [1.54, 1.807) is 0 Å². The topological polar surface area (TPSA) is 20.3 Å². The quantitative estimate of drug-likeness (QED) is 0.487. The van der Waals surface area contributed by atoms with E-state index < -0.39 is 0 Å². The van der Waals surface area contributed by atoms with Crippen molar-refractivity contribution in [3.63, 3.8) is 0 Å². The maximum atomic E-state index is 11.1. The average Bonchev–Trinajstić information content (AvgIpc) is 2.27. The fourth-order valence-corrected chi connectivity index (χ4v) is 3.05. The molecule has 0 aromatic carbocycles. The van der Waals surface area contributed by atoms with Gasteiger partial charge in [0.1, 0.15) is 0 Å². The van der Waals surface area contributed by atoms with Gasteiger partial charge in [0.2, 0.25) is 5.91 Å². The fourth-order valence-electron chi connectivity index (χ4n) is 1.64. The second kappa shape index (κ2) is 1.91. The van der Waals surface area contributed by atoms with Gasteiger partial charge in [-0.05, 0) is 0 Å². The van der Waals surface area contributed by atoms with E-state index in [2.05, 4.69) is 6.92 Å². The normalized spacial score (nSPS) is 45.2. The van der Waals surface area contributed by atoms with E-state index in [1.165, 1.54) is 0 Å². The highest BCUT2D eigenvalue weighted by Gasteiger charge is 2.49. The predicted molar refractivity (Wildman–Crippen MR) is 41.7 cm³/mol. The van der Waals surface area contributed by atoms with Crippen LogP contribution < -0.4 is 0 Å². The number of rotatable bonds is 0. The monoisotopic (exact) mass is 157 g/mol. The number of β-lactam (4-membered cyclic amide) rings is 1.